The summed E-state index contributed by atoms with van der Waals surface area (Å²) in [5, 5.41) is 16.8. The highest BCUT2D eigenvalue weighted by Crippen LogP contribution is 2.23. The molecule has 1 saturated heterocycles. The predicted molar refractivity (Wildman–Crippen MR) is 87.9 cm³/mol. The van der Waals surface area contributed by atoms with Crippen LogP contribution in [-0.4, -0.2) is 65.1 Å². The summed E-state index contributed by atoms with van der Waals surface area (Å²) in [7, 11) is -2.57. The van der Waals surface area contributed by atoms with Gasteiger partial charge in [0.15, 0.2) is 0 Å². The number of carbonyl (C=O) groups is 1. The lowest BCUT2D eigenvalue weighted by Crippen LogP contribution is -2.50. The molecule has 4 N–H and O–H groups in total. The topological polar surface area (TPSA) is 137 Å². The fraction of sp³-hybridized carbons (Fsp3) is 0.533. The van der Waals surface area contributed by atoms with E-state index in [1.165, 1.54) is 25.3 Å². The van der Waals surface area contributed by atoms with Gasteiger partial charge >= 0.3 is 0 Å². The molecule has 1 aliphatic rings. The number of methoxy groups -OCH3 is 1. The van der Waals surface area contributed by atoms with Gasteiger partial charge in [-0.1, -0.05) is 0 Å². The zero-order valence-corrected chi connectivity index (χ0v) is 14.6. The highest BCUT2D eigenvalue weighted by molar-refractivity contribution is 7.89. The Morgan fingerprint density at radius 3 is 2.88 bits per heavy atom. The average molecular weight is 374 g/mol. The molecule has 10 heteroatoms. The van der Waals surface area contributed by atoms with E-state index in [2.05, 4.69) is 5.32 Å². The number of benzene rings is 1. The number of nitrogens with two attached hydrogens (primary N) is 1. The number of nitrogens with one attached hydrogen (secondary N) is 1. The van der Waals surface area contributed by atoms with Crippen molar-refractivity contribution >= 4 is 15.9 Å². The summed E-state index contributed by atoms with van der Waals surface area (Å²) in [4.78, 5) is 12.4. The van der Waals surface area contributed by atoms with Gasteiger partial charge in [0.2, 0.25) is 10.0 Å². The van der Waals surface area contributed by atoms with Crippen LogP contribution in [0.1, 0.15) is 16.8 Å². The average Bonchev–Trinajstić information content (AvgIpc) is 2.59. The third kappa shape index (κ3) is 5.13. The molecule has 0 unspecified atom stereocenters. The van der Waals surface area contributed by atoms with E-state index in [0.29, 0.717) is 19.6 Å². The Labute approximate surface area is 146 Å². The van der Waals surface area contributed by atoms with Gasteiger partial charge in [-0.3, -0.25) is 4.79 Å². The van der Waals surface area contributed by atoms with Gasteiger partial charge < -0.3 is 24.6 Å². The van der Waals surface area contributed by atoms with E-state index in [4.69, 9.17) is 24.5 Å². The quantitative estimate of drug-likeness (QED) is 0.570. The molecule has 0 bridgehead atoms. The summed E-state index contributed by atoms with van der Waals surface area (Å²) in [5.74, 6) is -0.281. The Balaban J connectivity index is 2.21. The van der Waals surface area contributed by atoms with Crippen LogP contribution < -0.4 is 15.2 Å². The maximum absolute atomic E-state index is 12.6. The molecule has 1 aromatic rings. The molecule has 2 rings (SSSR count). The van der Waals surface area contributed by atoms with E-state index < -0.39 is 22.0 Å². The lowest BCUT2D eigenvalue weighted by Gasteiger charge is -2.32. The van der Waals surface area contributed by atoms with E-state index in [1.807, 2.05) is 0 Å². The number of aliphatic hydroxyl groups is 1. The number of hydrogen-bond acceptors (Lipinski definition) is 7. The standard InChI is InChI=1S/C15H22N2O7S/c1-22-13-3-2-10(25(16,20)21)8-11(13)15(19)17-12-4-6-23-9-14(12)24-7-5-18/h2-3,8,12,14,18H,4-7,9H2,1H3,(H,17,19)(H2,16,20,21)/t12-,14-/m1/s1. The third-order valence-corrected chi connectivity index (χ3v) is 4.70. The lowest BCUT2D eigenvalue weighted by atomic mass is 10.0. The van der Waals surface area contributed by atoms with Gasteiger partial charge in [0.25, 0.3) is 5.91 Å². The maximum Gasteiger partial charge on any atom is 0.255 e. The van der Waals surface area contributed by atoms with E-state index in [0.717, 1.165) is 0 Å². The molecule has 0 spiro atoms. The molecule has 1 fully saturated rings. The van der Waals surface area contributed by atoms with Crippen molar-refractivity contribution < 1.29 is 32.5 Å². The number of aliphatic hydroxyl groups excluding tert-OH is 1. The van der Waals surface area contributed by atoms with Gasteiger partial charge in [-0.25, -0.2) is 13.6 Å². The number of carbonyl (C=O) groups excluding carboxylic acids is 1. The zero-order chi connectivity index (χ0) is 18.4. The van der Waals surface area contributed by atoms with Crippen molar-refractivity contribution in [2.75, 3.05) is 33.5 Å². The fourth-order valence-corrected chi connectivity index (χ4v) is 3.07. The Bertz CT molecular complexity index is 708. The molecule has 1 aliphatic heterocycles. The number of amides is 1. The third-order valence-electron chi connectivity index (χ3n) is 3.79. The van der Waals surface area contributed by atoms with Crippen molar-refractivity contribution in [3.63, 3.8) is 0 Å². The minimum absolute atomic E-state index is 0.0569. The van der Waals surface area contributed by atoms with Crippen molar-refractivity contribution in [1.29, 1.82) is 0 Å². The molecular weight excluding hydrogens is 352 g/mol. The van der Waals surface area contributed by atoms with Crippen LogP contribution in [-0.2, 0) is 19.5 Å². The highest BCUT2D eigenvalue weighted by Gasteiger charge is 2.29. The van der Waals surface area contributed by atoms with Crippen LogP contribution in [0.4, 0.5) is 0 Å². The number of rotatable bonds is 7. The molecule has 140 valence electrons. The van der Waals surface area contributed by atoms with Crippen molar-refractivity contribution in [1.82, 2.24) is 5.32 Å². The van der Waals surface area contributed by atoms with Crippen LogP contribution in [0.3, 0.4) is 0 Å². The van der Waals surface area contributed by atoms with Gasteiger partial charge in [-0.2, -0.15) is 0 Å². The molecule has 0 saturated carbocycles. The number of sulfonamides is 1. The summed E-state index contributed by atoms with van der Waals surface area (Å²) in [6.45, 7) is 0.740. The summed E-state index contributed by atoms with van der Waals surface area (Å²) in [6, 6.07) is 3.48. The molecule has 1 heterocycles. The summed E-state index contributed by atoms with van der Waals surface area (Å²) >= 11 is 0. The second-order valence-corrected chi connectivity index (χ2v) is 7.04. The molecular formula is C15H22N2O7S. The number of primary sulfonamides is 1. The van der Waals surface area contributed by atoms with Gasteiger partial charge in [-0.15, -0.1) is 0 Å². The first-order valence-electron chi connectivity index (χ1n) is 7.68. The van der Waals surface area contributed by atoms with Crippen molar-refractivity contribution in [2.24, 2.45) is 5.14 Å². The minimum atomic E-state index is -3.95. The van der Waals surface area contributed by atoms with E-state index in [-0.39, 0.29) is 35.5 Å². The molecule has 9 nitrogen and oxygen atoms in total. The van der Waals surface area contributed by atoms with Crippen molar-refractivity contribution in [3.8, 4) is 5.75 Å². The Morgan fingerprint density at radius 2 is 2.24 bits per heavy atom. The largest absolute Gasteiger partial charge is 0.496 e. The van der Waals surface area contributed by atoms with Crippen molar-refractivity contribution in [2.45, 2.75) is 23.5 Å². The smallest absolute Gasteiger partial charge is 0.255 e. The second kappa shape index (κ2) is 8.59. The molecule has 0 aliphatic carbocycles. The molecule has 0 aromatic heterocycles. The normalized spacial score (nSPS) is 20.9. The zero-order valence-electron chi connectivity index (χ0n) is 13.8. The van der Waals surface area contributed by atoms with Gasteiger partial charge in [0, 0.05) is 6.61 Å². The van der Waals surface area contributed by atoms with Crippen LogP contribution in [0, 0.1) is 0 Å². The highest BCUT2D eigenvalue weighted by atomic mass is 32.2. The van der Waals surface area contributed by atoms with Crippen LogP contribution in [0.25, 0.3) is 0 Å². The second-order valence-electron chi connectivity index (χ2n) is 5.48. The molecule has 2 atom stereocenters. The predicted octanol–water partition coefficient (Wildman–Crippen LogP) is -0.761. The lowest BCUT2D eigenvalue weighted by molar-refractivity contribution is -0.0737. The van der Waals surface area contributed by atoms with Crippen LogP contribution in [0.2, 0.25) is 0 Å². The number of ether oxygens (including phenoxy) is 3. The summed E-state index contributed by atoms with van der Waals surface area (Å²) in [5.41, 5.74) is 0.0569. The molecule has 25 heavy (non-hydrogen) atoms. The molecule has 0 radical (unpaired) electrons. The van der Waals surface area contributed by atoms with Crippen LogP contribution in [0.5, 0.6) is 5.75 Å². The number of hydrogen-bond donors (Lipinski definition) is 3. The fourth-order valence-electron chi connectivity index (χ4n) is 2.53. The van der Waals surface area contributed by atoms with Crippen LogP contribution in [0.15, 0.2) is 23.1 Å². The Hall–Kier alpha value is -1.72. The molecule has 1 amide bonds. The van der Waals surface area contributed by atoms with Crippen LogP contribution >= 0.6 is 0 Å². The Morgan fingerprint density at radius 1 is 1.48 bits per heavy atom. The van der Waals surface area contributed by atoms with Gasteiger partial charge in [0.1, 0.15) is 11.9 Å². The van der Waals surface area contributed by atoms with E-state index in [9.17, 15) is 13.2 Å². The SMILES string of the molecule is COc1ccc(S(N)(=O)=O)cc1C(=O)N[C@@H]1CCOC[C@H]1OCCO. The van der Waals surface area contributed by atoms with Gasteiger partial charge in [-0.05, 0) is 24.6 Å². The Kier molecular flexibility index (Phi) is 6.73. The van der Waals surface area contributed by atoms with E-state index in [1.54, 1.807) is 0 Å². The summed E-state index contributed by atoms with van der Waals surface area (Å²) < 4.78 is 39.0. The first-order chi connectivity index (χ1) is 11.9. The van der Waals surface area contributed by atoms with Gasteiger partial charge in [0.05, 0.1) is 43.4 Å². The minimum Gasteiger partial charge on any atom is -0.496 e. The first-order valence-corrected chi connectivity index (χ1v) is 9.23. The first kappa shape index (κ1) is 19.6. The maximum atomic E-state index is 12.6. The molecule has 1 aromatic carbocycles. The summed E-state index contributed by atoms with van der Waals surface area (Å²) in [6.07, 6.45) is 0.122. The van der Waals surface area contributed by atoms with Crippen molar-refractivity contribution in [3.05, 3.63) is 23.8 Å². The van der Waals surface area contributed by atoms with E-state index >= 15 is 0 Å². The monoisotopic (exact) mass is 374 g/mol.